The molecule has 0 amide bonds. The van der Waals surface area contributed by atoms with Gasteiger partial charge in [0, 0.05) is 29.1 Å². The number of carbonyl (C=O) groups is 2. The number of ether oxygens (including phenoxy) is 2. The lowest BCUT2D eigenvalue weighted by Gasteiger charge is -2.49. The van der Waals surface area contributed by atoms with Crippen molar-refractivity contribution in [1.82, 2.24) is 4.90 Å². The molecule has 1 N–H and O–H groups in total. The smallest absolute Gasteiger partial charge is 0.335 e. The standard InChI is InChI=1S/C23H30ClNO5/c1-4-22(28,5-2)15-23(29-19(26)11-12-20(27)30-23)25(3)16-21(13-6-14-21)17-7-9-18(24)10-8-17/h7-12,28H,4-6,13-16H2,1-3H3. The second kappa shape index (κ2) is 8.69. The second-order valence-electron chi connectivity index (χ2n) is 8.49. The molecular formula is C23H30ClNO5. The van der Waals surface area contributed by atoms with E-state index in [1.165, 1.54) is 0 Å². The first-order chi connectivity index (χ1) is 14.2. The maximum atomic E-state index is 12.3. The zero-order valence-corrected chi connectivity index (χ0v) is 18.6. The average molecular weight is 436 g/mol. The lowest BCUT2D eigenvalue weighted by molar-refractivity contribution is -0.298. The summed E-state index contributed by atoms with van der Waals surface area (Å²) in [5.41, 5.74) is -0.168. The molecule has 0 spiro atoms. The van der Waals surface area contributed by atoms with E-state index in [1.807, 2.05) is 38.1 Å². The molecule has 30 heavy (non-hydrogen) atoms. The van der Waals surface area contributed by atoms with Gasteiger partial charge in [0.2, 0.25) is 0 Å². The fourth-order valence-electron chi connectivity index (χ4n) is 4.34. The molecule has 1 aliphatic carbocycles. The normalized spacial score (nSPS) is 20.3. The third kappa shape index (κ3) is 4.56. The molecule has 0 bridgehead atoms. The molecule has 1 aromatic carbocycles. The van der Waals surface area contributed by atoms with Crippen molar-refractivity contribution < 1.29 is 24.2 Å². The number of carbonyl (C=O) groups excluding carboxylic acids is 2. The van der Waals surface area contributed by atoms with Gasteiger partial charge in [0.15, 0.2) is 0 Å². The molecule has 0 aromatic heterocycles. The molecule has 2 aliphatic rings. The average Bonchev–Trinajstić information content (AvgIpc) is 2.83. The number of hydrogen-bond acceptors (Lipinski definition) is 6. The number of rotatable bonds is 8. The van der Waals surface area contributed by atoms with Crippen LogP contribution in [0.25, 0.3) is 0 Å². The molecule has 1 saturated carbocycles. The lowest BCUT2D eigenvalue weighted by atomic mass is 9.64. The van der Waals surface area contributed by atoms with Gasteiger partial charge in [0.25, 0.3) is 0 Å². The van der Waals surface area contributed by atoms with Crippen LogP contribution < -0.4 is 0 Å². The Hall–Kier alpha value is -1.89. The third-order valence-electron chi connectivity index (χ3n) is 6.63. The molecule has 1 aliphatic heterocycles. The van der Waals surface area contributed by atoms with Gasteiger partial charge in [-0.25, -0.2) is 14.5 Å². The minimum Gasteiger partial charge on any atom is -0.405 e. The van der Waals surface area contributed by atoms with Gasteiger partial charge in [-0.3, -0.25) is 0 Å². The SMILES string of the molecule is CCC(O)(CC)CC1(N(C)CC2(c3ccc(Cl)cc3)CCC2)OC(=O)C=CC(=O)O1. The molecule has 0 unspecified atom stereocenters. The monoisotopic (exact) mass is 435 g/mol. The van der Waals surface area contributed by atoms with E-state index in [0.717, 1.165) is 37.0 Å². The van der Waals surface area contributed by atoms with Gasteiger partial charge >= 0.3 is 17.8 Å². The van der Waals surface area contributed by atoms with Crippen molar-refractivity contribution in [2.24, 2.45) is 0 Å². The first-order valence-electron chi connectivity index (χ1n) is 10.5. The Morgan fingerprint density at radius 1 is 1.07 bits per heavy atom. The van der Waals surface area contributed by atoms with E-state index in [0.29, 0.717) is 24.4 Å². The number of benzene rings is 1. The van der Waals surface area contributed by atoms with Crippen LogP contribution in [0.4, 0.5) is 0 Å². The molecule has 1 heterocycles. The van der Waals surface area contributed by atoms with Gasteiger partial charge in [0.05, 0.1) is 12.0 Å². The summed E-state index contributed by atoms with van der Waals surface area (Å²) in [6.07, 6.45) is 5.97. The molecule has 0 saturated heterocycles. The molecule has 0 atom stereocenters. The van der Waals surface area contributed by atoms with E-state index in [-0.39, 0.29) is 11.8 Å². The predicted molar refractivity (Wildman–Crippen MR) is 114 cm³/mol. The van der Waals surface area contributed by atoms with Crippen molar-refractivity contribution >= 4 is 23.5 Å². The highest BCUT2D eigenvalue weighted by atomic mass is 35.5. The molecule has 3 rings (SSSR count). The van der Waals surface area contributed by atoms with Crippen molar-refractivity contribution in [1.29, 1.82) is 0 Å². The summed E-state index contributed by atoms with van der Waals surface area (Å²) >= 11 is 6.07. The van der Waals surface area contributed by atoms with Crippen LogP contribution in [0.5, 0.6) is 0 Å². The highest BCUT2D eigenvalue weighted by Crippen LogP contribution is 2.46. The molecule has 7 heteroatoms. The highest BCUT2D eigenvalue weighted by molar-refractivity contribution is 6.30. The van der Waals surface area contributed by atoms with Gasteiger partial charge in [-0.1, -0.05) is 44.0 Å². The quantitative estimate of drug-likeness (QED) is 0.623. The number of likely N-dealkylation sites (N-methyl/N-ethyl adjacent to an activating group) is 1. The van der Waals surface area contributed by atoms with Crippen LogP contribution >= 0.6 is 11.6 Å². The van der Waals surface area contributed by atoms with E-state index < -0.39 is 23.5 Å². The molecular weight excluding hydrogens is 406 g/mol. The maximum Gasteiger partial charge on any atom is 0.335 e. The first kappa shape index (κ1) is 22.8. The number of halogens is 1. The number of cyclic esters (lactones) is 2. The van der Waals surface area contributed by atoms with Crippen molar-refractivity contribution in [2.45, 2.75) is 69.3 Å². The molecule has 6 nitrogen and oxygen atoms in total. The Morgan fingerprint density at radius 3 is 2.03 bits per heavy atom. The van der Waals surface area contributed by atoms with Crippen molar-refractivity contribution in [3.63, 3.8) is 0 Å². The Balaban J connectivity index is 1.95. The fourth-order valence-corrected chi connectivity index (χ4v) is 4.46. The second-order valence-corrected chi connectivity index (χ2v) is 8.93. The van der Waals surface area contributed by atoms with Crippen LogP contribution in [0, 0.1) is 0 Å². The van der Waals surface area contributed by atoms with Gasteiger partial charge < -0.3 is 14.6 Å². The minimum absolute atomic E-state index is 0.0284. The summed E-state index contributed by atoms with van der Waals surface area (Å²) in [5, 5.41) is 11.7. The Labute approximate surface area is 182 Å². The maximum absolute atomic E-state index is 12.3. The number of nitrogens with zero attached hydrogens (tertiary/aromatic N) is 1. The minimum atomic E-state index is -1.69. The van der Waals surface area contributed by atoms with E-state index in [9.17, 15) is 14.7 Å². The number of esters is 2. The zero-order chi connectivity index (χ0) is 22.0. The number of hydrogen-bond donors (Lipinski definition) is 1. The zero-order valence-electron chi connectivity index (χ0n) is 17.8. The van der Waals surface area contributed by atoms with Gasteiger partial charge in [-0.15, -0.1) is 0 Å². The fraction of sp³-hybridized carbons (Fsp3) is 0.565. The van der Waals surface area contributed by atoms with E-state index in [2.05, 4.69) is 0 Å². The summed E-state index contributed by atoms with van der Waals surface area (Å²) in [7, 11) is 1.77. The Kier molecular flexibility index (Phi) is 6.60. The molecule has 164 valence electrons. The van der Waals surface area contributed by atoms with Crippen LogP contribution in [-0.4, -0.2) is 47.0 Å². The summed E-state index contributed by atoms with van der Waals surface area (Å²) in [6, 6.07) is 7.77. The third-order valence-corrected chi connectivity index (χ3v) is 6.88. The molecule has 1 aromatic rings. The van der Waals surface area contributed by atoms with E-state index in [1.54, 1.807) is 11.9 Å². The topological polar surface area (TPSA) is 76.1 Å². The summed E-state index contributed by atoms with van der Waals surface area (Å²) in [4.78, 5) is 26.4. The lowest BCUT2D eigenvalue weighted by Crippen LogP contribution is -2.60. The van der Waals surface area contributed by atoms with Crippen molar-refractivity contribution in [2.75, 3.05) is 13.6 Å². The Morgan fingerprint density at radius 2 is 1.60 bits per heavy atom. The number of aliphatic hydroxyl groups is 1. The van der Waals surface area contributed by atoms with E-state index >= 15 is 0 Å². The first-order valence-corrected chi connectivity index (χ1v) is 10.9. The van der Waals surface area contributed by atoms with Gasteiger partial charge in [0.1, 0.15) is 0 Å². The summed E-state index contributed by atoms with van der Waals surface area (Å²) in [5.74, 6) is -3.03. The van der Waals surface area contributed by atoms with Crippen molar-refractivity contribution in [3.05, 3.63) is 47.0 Å². The van der Waals surface area contributed by atoms with Gasteiger partial charge in [-0.05, 0) is 50.4 Å². The Bertz CT molecular complexity index is 791. The largest absolute Gasteiger partial charge is 0.405 e. The van der Waals surface area contributed by atoms with Crippen LogP contribution in [-0.2, 0) is 24.5 Å². The van der Waals surface area contributed by atoms with Crippen LogP contribution in [0.15, 0.2) is 36.4 Å². The van der Waals surface area contributed by atoms with Gasteiger partial charge in [-0.2, -0.15) is 0 Å². The van der Waals surface area contributed by atoms with E-state index in [4.69, 9.17) is 21.1 Å². The predicted octanol–water partition coefficient (Wildman–Crippen LogP) is 3.94. The summed E-state index contributed by atoms with van der Waals surface area (Å²) in [6.45, 7) is 4.21. The highest BCUT2D eigenvalue weighted by Gasteiger charge is 2.52. The van der Waals surface area contributed by atoms with Crippen LogP contribution in [0.1, 0.15) is 57.9 Å². The molecule has 1 fully saturated rings. The molecule has 0 radical (unpaired) electrons. The van der Waals surface area contributed by atoms with Crippen LogP contribution in [0.3, 0.4) is 0 Å². The van der Waals surface area contributed by atoms with Crippen LogP contribution in [0.2, 0.25) is 5.02 Å². The van der Waals surface area contributed by atoms with Crippen molar-refractivity contribution in [3.8, 4) is 0 Å². The summed E-state index contributed by atoms with van der Waals surface area (Å²) < 4.78 is 11.4.